The summed E-state index contributed by atoms with van der Waals surface area (Å²) in [5, 5.41) is 3.35. The molecule has 3 nitrogen and oxygen atoms in total. The molecule has 0 aliphatic carbocycles. The summed E-state index contributed by atoms with van der Waals surface area (Å²) in [5.74, 6) is 0.0574. The number of carbonyl (C=O) groups is 1. The van der Waals surface area contributed by atoms with Gasteiger partial charge in [0.25, 0.3) is 5.91 Å². The van der Waals surface area contributed by atoms with E-state index in [0.717, 1.165) is 61.2 Å². The van der Waals surface area contributed by atoms with Gasteiger partial charge in [-0.2, -0.15) is 0 Å². The van der Waals surface area contributed by atoms with Crippen LogP contribution in [0, 0.1) is 6.92 Å². The maximum absolute atomic E-state index is 13.3. The molecule has 1 aliphatic rings. The Morgan fingerprint density at radius 3 is 2.26 bits per heavy atom. The van der Waals surface area contributed by atoms with Gasteiger partial charge in [-0.1, -0.05) is 92.7 Å². The predicted molar refractivity (Wildman–Crippen MR) is 147 cm³/mol. The van der Waals surface area contributed by atoms with E-state index in [1.54, 1.807) is 0 Å². The van der Waals surface area contributed by atoms with E-state index in [-0.39, 0.29) is 17.4 Å². The number of benzene rings is 3. The maximum Gasteiger partial charge on any atom is 0.252 e. The number of rotatable bonds is 9. The van der Waals surface area contributed by atoms with Crippen LogP contribution >= 0.6 is 0 Å². The Labute approximate surface area is 211 Å². The number of carbonyl (C=O) groups excluding carboxylic acids is 1. The summed E-state index contributed by atoms with van der Waals surface area (Å²) in [4.78, 5) is 15.9. The van der Waals surface area contributed by atoms with Crippen LogP contribution in [-0.2, 0) is 5.41 Å². The first-order valence-corrected chi connectivity index (χ1v) is 13.2. The van der Waals surface area contributed by atoms with Crippen molar-refractivity contribution in [2.75, 3.05) is 19.6 Å². The zero-order valence-corrected chi connectivity index (χ0v) is 21.6. The molecule has 1 saturated heterocycles. The zero-order chi connectivity index (χ0) is 24.7. The van der Waals surface area contributed by atoms with E-state index in [0.29, 0.717) is 0 Å². The van der Waals surface area contributed by atoms with E-state index in [9.17, 15) is 4.79 Å². The summed E-state index contributed by atoms with van der Waals surface area (Å²) in [6.45, 7) is 9.98. The summed E-state index contributed by atoms with van der Waals surface area (Å²) in [7, 11) is 0. The van der Waals surface area contributed by atoms with Crippen LogP contribution in [0.25, 0.3) is 11.1 Å². The second-order valence-corrected chi connectivity index (χ2v) is 10.3. The largest absolute Gasteiger partial charge is 0.349 e. The molecule has 0 spiro atoms. The molecule has 1 N–H and O–H groups in total. The number of hydrogen-bond acceptors (Lipinski definition) is 2. The molecule has 1 fully saturated rings. The molecule has 0 radical (unpaired) electrons. The highest BCUT2D eigenvalue weighted by Crippen LogP contribution is 2.32. The van der Waals surface area contributed by atoms with Gasteiger partial charge in [-0.05, 0) is 73.2 Å². The van der Waals surface area contributed by atoms with E-state index in [1.165, 1.54) is 18.4 Å². The van der Waals surface area contributed by atoms with Gasteiger partial charge in [0.1, 0.15) is 0 Å². The summed E-state index contributed by atoms with van der Waals surface area (Å²) in [6, 6.07) is 27.5. The molecule has 184 valence electrons. The highest BCUT2D eigenvalue weighted by atomic mass is 16.1. The Hall–Kier alpha value is -2.91. The molecule has 1 amide bonds. The third-order valence-corrected chi connectivity index (χ3v) is 7.96. The van der Waals surface area contributed by atoms with Gasteiger partial charge >= 0.3 is 0 Å². The molecule has 1 heterocycles. The predicted octanol–water partition coefficient (Wildman–Crippen LogP) is 7.00. The molecule has 1 aliphatic heterocycles. The van der Waals surface area contributed by atoms with Crippen molar-refractivity contribution in [3.8, 4) is 11.1 Å². The SMILES string of the molecule is CCC(C)(CCCN1CCC(NC(=O)c2c(C)cccc2-c2ccccc2)CC1)c1ccccc1. The van der Waals surface area contributed by atoms with Crippen molar-refractivity contribution in [1.29, 1.82) is 0 Å². The van der Waals surface area contributed by atoms with Crippen LogP contribution in [-0.4, -0.2) is 36.5 Å². The highest BCUT2D eigenvalue weighted by molar-refractivity contribution is 6.02. The van der Waals surface area contributed by atoms with E-state index < -0.39 is 0 Å². The second kappa shape index (κ2) is 11.7. The monoisotopic (exact) mass is 468 g/mol. The standard InChI is InChI=1S/C32H40N2O/c1-4-32(3,27-16-9-6-10-17-27)21-12-22-34-23-19-28(20-24-34)33-31(35)30-25(2)13-11-18-29(30)26-14-7-5-8-15-26/h5-11,13-18,28H,4,12,19-24H2,1-3H3,(H,33,35). The lowest BCUT2D eigenvalue weighted by Crippen LogP contribution is -2.45. The second-order valence-electron chi connectivity index (χ2n) is 10.3. The number of amides is 1. The Bertz CT molecular complexity index is 1090. The van der Waals surface area contributed by atoms with Gasteiger partial charge in [0.05, 0.1) is 5.56 Å². The van der Waals surface area contributed by atoms with Crippen LogP contribution in [0.15, 0.2) is 78.9 Å². The molecule has 0 bridgehead atoms. The van der Waals surface area contributed by atoms with Crippen molar-refractivity contribution in [3.63, 3.8) is 0 Å². The van der Waals surface area contributed by atoms with Crippen LogP contribution in [0.1, 0.15) is 67.4 Å². The van der Waals surface area contributed by atoms with Crippen LogP contribution in [0.3, 0.4) is 0 Å². The van der Waals surface area contributed by atoms with Crippen molar-refractivity contribution in [1.82, 2.24) is 10.2 Å². The van der Waals surface area contributed by atoms with Gasteiger partial charge in [0, 0.05) is 19.1 Å². The van der Waals surface area contributed by atoms with Gasteiger partial charge in [-0.25, -0.2) is 0 Å². The lowest BCUT2D eigenvalue weighted by molar-refractivity contribution is 0.0910. The van der Waals surface area contributed by atoms with E-state index >= 15 is 0 Å². The van der Waals surface area contributed by atoms with E-state index in [1.807, 2.05) is 37.3 Å². The molecule has 0 aromatic heterocycles. The summed E-state index contributed by atoms with van der Waals surface area (Å²) >= 11 is 0. The number of likely N-dealkylation sites (tertiary alicyclic amines) is 1. The topological polar surface area (TPSA) is 32.3 Å². The molecular formula is C32H40N2O. The number of hydrogen-bond donors (Lipinski definition) is 1. The van der Waals surface area contributed by atoms with Crippen molar-refractivity contribution >= 4 is 5.91 Å². The minimum Gasteiger partial charge on any atom is -0.349 e. The first kappa shape index (κ1) is 25.2. The minimum atomic E-state index is 0.0574. The van der Waals surface area contributed by atoms with Crippen molar-refractivity contribution in [3.05, 3.63) is 95.6 Å². The summed E-state index contributed by atoms with van der Waals surface area (Å²) in [6.07, 6.45) is 5.61. The average molecular weight is 469 g/mol. The van der Waals surface area contributed by atoms with E-state index in [2.05, 4.69) is 72.6 Å². The normalized spacial score (nSPS) is 16.5. The Morgan fingerprint density at radius 2 is 1.60 bits per heavy atom. The number of nitrogens with one attached hydrogen (secondary N) is 1. The fraction of sp³-hybridized carbons (Fsp3) is 0.406. The minimum absolute atomic E-state index is 0.0574. The van der Waals surface area contributed by atoms with Gasteiger partial charge in [-0.15, -0.1) is 0 Å². The third-order valence-electron chi connectivity index (χ3n) is 7.96. The lowest BCUT2D eigenvalue weighted by Gasteiger charge is -2.34. The summed E-state index contributed by atoms with van der Waals surface area (Å²) in [5.41, 5.74) is 5.63. The number of aryl methyl sites for hydroxylation is 1. The van der Waals surface area contributed by atoms with Gasteiger partial charge in [0.2, 0.25) is 0 Å². The summed E-state index contributed by atoms with van der Waals surface area (Å²) < 4.78 is 0. The van der Waals surface area contributed by atoms with Crippen molar-refractivity contribution in [2.45, 2.75) is 64.3 Å². The Morgan fingerprint density at radius 1 is 0.943 bits per heavy atom. The molecule has 3 aromatic carbocycles. The molecule has 3 heteroatoms. The van der Waals surface area contributed by atoms with Gasteiger partial charge in [0.15, 0.2) is 0 Å². The Balaban J connectivity index is 1.29. The maximum atomic E-state index is 13.3. The fourth-order valence-corrected chi connectivity index (χ4v) is 5.44. The molecule has 1 atom stereocenters. The average Bonchev–Trinajstić information content (AvgIpc) is 2.90. The third kappa shape index (κ3) is 6.21. The van der Waals surface area contributed by atoms with Crippen molar-refractivity contribution in [2.24, 2.45) is 0 Å². The van der Waals surface area contributed by atoms with Crippen LogP contribution < -0.4 is 5.32 Å². The molecule has 3 aromatic rings. The van der Waals surface area contributed by atoms with E-state index in [4.69, 9.17) is 0 Å². The molecule has 1 unspecified atom stereocenters. The number of nitrogens with zero attached hydrogens (tertiary/aromatic N) is 1. The van der Waals surface area contributed by atoms with Crippen molar-refractivity contribution < 1.29 is 4.79 Å². The smallest absolute Gasteiger partial charge is 0.252 e. The quantitative estimate of drug-likeness (QED) is 0.366. The number of piperidine rings is 1. The zero-order valence-electron chi connectivity index (χ0n) is 21.6. The van der Waals surface area contributed by atoms with Gasteiger partial charge < -0.3 is 10.2 Å². The fourth-order valence-electron chi connectivity index (χ4n) is 5.44. The van der Waals surface area contributed by atoms with Crippen LogP contribution in [0.5, 0.6) is 0 Å². The van der Waals surface area contributed by atoms with Gasteiger partial charge in [-0.3, -0.25) is 4.79 Å². The first-order valence-electron chi connectivity index (χ1n) is 13.2. The highest BCUT2D eigenvalue weighted by Gasteiger charge is 2.26. The Kier molecular flexibility index (Phi) is 8.41. The van der Waals surface area contributed by atoms with Crippen LogP contribution in [0.2, 0.25) is 0 Å². The molecular weight excluding hydrogens is 428 g/mol. The molecule has 0 saturated carbocycles. The van der Waals surface area contributed by atoms with Crippen LogP contribution in [0.4, 0.5) is 0 Å². The molecule has 4 rings (SSSR count). The lowest BCUT2D eigenvalue weighted by atomic mass is 9.76. The molecule has 35 heavy (non-hydrogen) atoms. The first-order chi connectivity index (χ1) is 17.0.